The van der Waals surface area contributed by atoms with Crippen molar-refractivity contribution in [1.82, 2.24) is 15.2 Å². The molecule has 1 aliphatic heterocycles. The number of nitrogens with one attached hydrogen (secondary N) is 1. The van der Waals surface area contributed by atoms with Crippen LogP contribution < -0.4 is 5.32 Å². The van der Waals surface area contributed by atoms with E-state index in [9.17, 15) is 14.4 Å². The topological polar surface area (TPSA) is 88.6 Å². The predicted octanol–water partition coefficient (Wildman–Crippen LogP) is 3.96. The van der Waals surface area contributed by atoms with E-state index in [0.29, 0.717) is 49.5 Å². The number of benzene rings is 1. The van der Waals surface area contributed by atoms with Crippen molar-refractivity contribution in [3.63, 3.8) is 0 Å². The molecule has 2 heterocycles. The zero-order chi connectivity index (χ0) is 22.9. The Bertz CT molecular complexity index is 922. The van der Waals surface area contributed by atoms with Crippen molar-refractivity contribution in [2.24, 2.45) is 0 Å². The second-order valence-electron chi connectivity index (χ2n) is 7.57. The van der Waals surface area contributed by atoms with Gasteiger partial charge in [0.05, 0.1) is 24.5 Å². The van der Waals surface area contributed by atoms with Crippen molar-refractivity contribution in [1.29, 1.82) is 0 Å². The number of likely N-dealkylation sites (tertiary alicyclic amines) is 1. The molecular weight excluding hydrogens is 446 g/mol. The molecule has 1 saturated heterocycles. The van der Waals surface area contributed by atoms with E-state index in [0.717, 1.165) is 10.8 Å². The first-order chi connectivity index (χ1) is 15.5. The molecule has 0 aliphatic carbocycles. The van der Waals surface area contributed by atoms with Crippen LogP contribution in [-0.4, -0.2) is 59.2 Å². The summed E-state index contributed by atoms with van der Waals surface area (Å²) in [5.74, 6) is 0.318. The number of hydrogen-bond donors (Lipinski definition) is 1. The molecule has 9 heteroatoms. The molecule has 1 fully saturated rings. The highest BCUT2D eigenvalue weighted by Gasteiger charge is 2.24. The van der Waals surface area contributed by atoms with E-state index in [1.54, 1.807) is 11.8 Å². The van der Waals surface area contributed by atoms with Crippen LogP contribution in [0.25, 0.3) is 0 Å². The van der Waals surface area contributed by atoms with Gasteiger partial charge in [-0.25, -0.2) is 9.78 Å². The van der Waals surface area contributed by atoms with Crippen LogP contribution in [0.1, 0.15) is 48.3 Å². The maximum Gasteiger partial charge on any atom is 0.409 e. The highest BCUT2D eigenvalue weighted by Crippen LogP contribution is 2.24. The Morgan fingerprint density at radius 3 is 2.56 bits per heavy atom. The maximum atomic E-state index is 12.4. The molecule has 1 N–H and O–H groups in total. The van der Waals surface area contributed by atoms with Crippen LogP contribution in [0, 0.1) is 0 Å². The SMILES string of the molecule is CCOC(=O)N1CCC(NC(=O)Cc2csc(SCC(=O)c3ccc(CC)cc3)n2)CC1. The number of carbonyl (C=O) groups excluding carboxylic acids is 3. The minimum Gasteiger partial charge on any atom is -0.450 e. The van der Waals surface area contributed by atoms with E-state index in [2.05, 4.69) is 17.2 Å². The molecule has 172 valence electrons. The highest BCUT2D eigenvalue weighted by molar-refractivity contribution is 8.01. The molecule has 32 heavy (non-hydrogen) atoms. The van der Waals surface area contributed by atoms with Gasteiger partial charge in [0.1, 0.15) is 0 Å². The fourth-order valence-electron chi connectivity index (χ4n) is 3.44. The Hall–Kier alpha value is -2.39. The lowest BCUT2D eigenvalue weighted by Crippen LogP contribution is -2.47. The number of thiazole rings is 1. The monoisotopic (exact) mass is 475 g/mol. The summed E-state index contributed by atoms with van der Waals surface area (Å²) < 4.78 is 5.80. The summed E-state index contributed by atoms with van der Waals surface area (Å²) in [7, 11) is 0. The number of piperidine rings is 1. The minimum absolute atomic E-state index is 0.0531. The first kappa shape index (κ1) is 24.3. The Morgan fingerprint density at radius 1 is 1.19 bits per heavy atom. The molecule has 1 aromatic carbocycles. The van der Waals surface area contributed by atoms with E-state index >= 15 is 0 Å². The lowest BCUT2D eigenvalue weighted by molar-refractivity contribution is -0.121. The molecule has 0 spiro atoms. The average molecular weight is 476 g/mol. The first-order valence-electron chi connectivity index (χ1n) is 10.9. The third-order valence-corrected chi connectivity index (χ3v) is 7.34. The fourth-order valence-corrected chi connectivity index (χ4v) is 5.18. The number of amides is 2. The summed E-state index contributed by atoms with van der Waals surface area (Å²) in [5.41, 5.74) is 2.63. The van der Waals surface area contributed by atoms with Gasteiger partial charge >= 0.3 is 6.09 Å². The lowest BCUT2D eigenvalue weighted by Gasteiger charge is -2.31. The van der Waals surface area contributed by atoms with Gasteiger partial charge in [0, 0.05) is 30.1 Å². The van der Waals surface area contributed by atoms with E-state index < -0.39 is 0 Å². The van der Waals surface area contributed by atoms with Crippen LogP contribution in [0.3, 0.4) is 0 Å². The summed E-state index contributed by atoms with van der Waals surface area (Å²) in [5, 5.41) is 4.90. The van der Waals surface area contributed by atoms with Gasteiger partial charge in [0.15, 0.2) is 10.1 Å². The van der Waals surface area contributed by atoms with Crippen LogP contribution in [-0.2, 0) is 22.4 Å². The lowest BCUT2D eigenvalue weighted by atomic mass is 10.1. The molecular formula is C23H29N3O4S2. The zero-order valence-electron chi connectivity index (χ0n) is 18.5. The number of thioether (sulfide) groups is 1. The molecule has 0 atom stereocenters. The number of aromatic nitrogens is 1. The minimum atomic E-state index is -0.291. The molecule has 7 nitrogen and oxygen atoms in total. The normalized spacial score (nSPS) is 14.2. The number of aryl methyl sites for hydroxylation is 1. The molecule has 2 aromatic rings. The third kappa shape index (κ3) is 7.06. The van der Waals surface area contributed by atoms with Gasteiger partial charge in [0.25, 0.3) is 0 Å². The quantitative estimate of drug-likeness (QED) is 0.436. The van der Waals surface area contributed by atoms with Gasteiger partial charge < -0.3 is 15.0 Å². The van der Waals surface area contributed by atoms with E-state index in [-0.39, 0.29) is 30.2 Å². The smallest absolute Gasteiger partial charge is 0.409 e. The van der Waals surface area contributed by atoms with Gasteiger partial charge in [-0.3, -0.25) is 9.59 Å². The van der Waals surface area contributed by atoms with Crippen molar-refractivity contribution >= 4 is 40.9 Å². The average Bonchev–Trinajstić information content (AvgIpc) is 3.25. The van der Waals surface area contributed by atoms with Crippen molar-refractivity contribution in [2.75, 3.05) is 25.4 Å². The largest absolute Gasteiger partial charge is 0.450 e. The van der Waals surface area contributed by atoms with Gasteiger partial charge in [0.2, 0.25) is 5.91 Å². The van der Waals surface area contributed by atoms with E-state index in [1.165, 1.54) is 28.7 Å². The van der Waals surface area contributed by atoms with Gasteiger partial charge in [-0.05, 0) is 31.7 Å². The fraction of sp³-hybridized carbons (Fsp3) is 0.478. The number of Topliss-reactive ketones (excluding diaryl/α,β-unsaturated/α-hetero) is 1. The second-order valence-corrected chi connectivity index (χ2v) is 9.65. The summed E-state index contributed by atoms with van der Waals surface area (Å²) in [6.45, 7) is 5.40. The number of nitrogens with zero attached hydrogens (tertiary/aromatic N) is 2. The zero-order valence-corrected chi connectivity index (χ0v) is 20.1. The molecule has 1 aromatic heterocycles. The molecule has 0 radical (unpaired) electrons. The van der Waals surface area contributed by atoms with Crippen LogP contribution in [0.2, 0.25) is 0 Å². The summed E-state index contributed by atoms with van der Waals surface area (Å²) >= 11 is 2.85. The molecule has 0 unspecified atom stereocenters. The molecule has 2 amide bonds. The van der Waals surface area contributed by atoms with Crippen LogP contribution >= 0.6 is 23.1 Å². The number of carbonyl (C=O) groups is 3. The van der Waals surface area contributed by atoms with Gasteiger partial charge in [-0.15, -0.1) is 11.3 Å². The summed E-state index contributed by atoms with van der Waals surface area (Å²) in [6.07, 6.45) is 2.29. The third-order valence-electron chi connectivity index (χ3n) is 5.27. The van der Waals surface area contributed by atoms with Crippen LogP contribution in [0.5, 0.6) is 0 Å². The van der Waals surface area contributed by atoms with Crippen LogP contribution in [0.15, 0.2) is 34.0 Å². The molecule has 1 aliphatic rings. The number of ether oxygens (including phenoxy) is 1. The Balaban J connectivity index is 1.40. The van der Waals surface area contributed by atoms with Crippen LogP contribution in [0.4, 0.5) is 4.79 Å². The van der Waals surface area contributed by atoms with E-state index in [1.807, 2.05) is 29.6 Å². The second kappa shape index (κ2) is 12.0. The molecule has 0 saturated carbocycles. The van der Waals surface area contributed by atoms with Crippen molar-refractivity contribution in [3.05, 3.63) is 46.5 Å². The molecule has 3 rings (SSSR count). The summed E-state index contributed by atoms with van der Waals surface area (Å²) in [6, 6.07) is 7.77. The highest BCUT2D eigenvalue weighted by atomic mass is 32.2. The Morgan fingerprint density at radius 2 is 1.91 bits per heavy atom. The molecule has 0 bridgehead atoms. The Kier molecular flexibility index (Phi) is 9.11. The number of hydrogen-bond acceptors (Lipinski definition) is 7. The van der Waals surface area contributed by atoms with Crippen molar-refractivity contribution in [3.8, 4) is 0 Å². The standard InChI is InChI=1S/C23H29N3O4S2/c1-3-16-5-7-17(8-6-16)20(27)15-32-22-25-19(14-31-22)13-21(28)24-18-9-11-26(12-10-18)23(29)30-4-2/h5-8,14,18H,3-4,9-13,15H2,1-2H3,(H,24,28). The Labute approximate surface area is 196 Å². The van der Waals surface area contributed by atoms with Crippen molar-refractivity contribution < 1.29 is 19.1 Å². The van der Waals surface area contributed by atoms with Gasteiger partial charge in [-0.1, -0.05) is 43.0 Å². The van der Waals surface area contributed by atoms with Gasteiger partial charge in [-0.2, -0.15) is 0 Å². The van der Waals surface area contributed by atoms with Crippen molar-refractivity contribution in [2.45, 2.75) is 49.9 Å². The number of ketones is 1. The maximum absolute atomic E-state index is 12.4. The predicted molar refractivity (Wildman–Crippen MR) is 126 cm³/mol. The first-order valence-corrected chi connectivity index (χ1v) is 12.7. The van der Waals surface area contributed by atoms with E-state index in [4.69, 9.17) is 4.74 Å². The summed E-state index contributed by atoms with van der Waals surface area (Å²) in [4.78, 5) is 42.7. The number of rotatable bonds is 9.